The fourth-order valence-corrected chi connectivity index (χ4v) is 2.80. The van der Waals surface area contributed by atoms with Gasteiger partial charge in [0.2, 0.25) is 0 Å². The van der Waals surface area contributed by atoms with Crippen LogP contribution >= 0.6 is 0 Å². The van der Waals surface area contributed by atoms with E-state index in [-0.39, 0.29) is 5.84 Å². The number of nitrogens with one attached hydrogen (secondary N) is 1. The Morgan fingerprint density at radius 2 is 1.60 bits per heavy atom. The number of nitrogens with two attached hydrogens (primary N) is 1. The summed E-state index contributed by atoms with van der Waals surface area (Å²) in [5.74, 6) is 0.0623. The summed E-state index contributed by atoms with van der Waals surface area (Å²) in [5, 5.41) is 11.9. The number of rotatable bonds is 3. The van der Waals surface area contributed by atoms with Crippen molar-refractivity contribution in [1.82, 2.24) is 14.6 Å². The smallest absolute Gasteiger partial charge is 0.162 e. The van der Waals surface area contributed by atoms with E-state index in [1.165, 1.54) is 5.56 Å². The molecule has 4 rings (SSSR count). The summed E-state index contributed by atoms with van der Waals surface area (Å²) in [4.78, 5) is 4.61. The van der Waals surface area contributed by atoms with Crippen LogP contribution in [0.5, 0.6) is 0 Å². The lowest BCUT2D eigenvalue weighted by Gasteiger charge is -2.04. The lowest BCUT2D eigenvalue weighted by Crippen LogP contribution is -2.10. The summed E-state index contributed by atoms with van der Waals surface area (Å²) >= 11 is 0. The summed E-state index contributed by atoms with van der Waals surface area (Å²) in [6.07, 6.45) is 5.67. The predicted octanol–water partition coefficient (Wildman–Crippen LogP) is 3.66. The number of benzene rings is 2. The Kier molecular flexibility index (Phi) is 3.54. The molecule has 4 aromatic rings. The van der Waals surface area contributed by atoms with Crippen LogP contribution in [-0.2, 0) is 0 Å². The van der Waals surface area contributed by atoms with Crippen molar-refractivity contribution in [3.8, 4) is 22.3 Å². The van der Waals surface area contributed by atoms with Crippen LogP contribution in [-0.4, -0.2) is 20.4 Å². The Hall–Kier alpha value is -3.47. The first kappa shape index (κ1) is 15.1. The van der Waals surface area contributed by atoms with Gasteiger partial charge < -0.3 is 5.73 Å². The van der Waals surface area contributed by atoms with Crippen molar-refractivity contribution in [2.45, 2.75) is 6.92 Å². The molecule has 2 aromatic carbocycles. The zero-order chi connectivity index (χ0) is 17.4. The molecule has 0 unspecified atom stereocenters. The second kappa shape index (κ2) is 5.87. The van der Waals surface area contributed by atoms with Gasteiger partial charge in [-0.25, -0.2) is 9.50 Å². The van der Waals surface area contributed by atoms with E-state index >= 15 is 0 Å². The fourth-order valence-electron chi connectivity index (χ4n) is 2.80. The first-order valence-electron chi connectivity index (χ1n) is 7.97. The maximum absolute atomic E-state index is 7.48. The molecule has 5 nitrogen and oxygen atoms in total. The Balaban J connectivity index is 1.75. The Morgan fingerprint density at radius 1 is 0.920 bits per heavy atom. The van der Waals surface area contributed by atoms with Crippen LogP contribution in [0.3, 0.4) is 0 Å². The van der Waals surface area contributed by atoms with Crippen LogP contribution in [0.15, 0.2) is 67.1 Å². The topological polar surface area (TPSA) is 80.1 Å². The Morgan fingerprint density at radius 3 is 2.28 bits per heavy atom. The van der Waals surface area contributed by atoms with Crippen molar-refractivity contribution < 1.29 is 0 Å². The van der Waals surface area contributed by atoms with Crippen LogP contribution in [0, 0.1) is 12.3 Å². The Bertz CT molecular complexity index is 1060. The molecule has 5 heteroatoms. The SMILES string of the molecule is Cc1ccc(-c2cnc3c(-c4ccc(C(=N)N)cc4)cnn3c2)cc1. The van der Waals surface area contributed by atoms with Crippen molar-refractivity contribution in [3.05, 3.63) is 78.2 Å². The predicted molar refractivity (Wildman–Crippen MR) is 99.6 cm³/mol. The molecule has 25 heavy (non-hydrogen) atoms. The van der Waals surface area contributed by atoms with Gasteiger partial charge in [0.15, 0.2) is 5.65 Å². The molecule has 0 bridgehead atoms. The minimum Gasteiger partial charge on any atom is -0.384 e. The van der Waals surface area contributed by atoms with Crippen molar-refractivity contribution in [2.24, 2.45) is 5.73 Å². The average molecular weight is 327 g/mol. The summed E-state index contributed by atoms with van der Waals surface area (Å²) in [6, 6.07) is 15.9. The molecule has 0 radical (unpaired) electrons. The fraction of sp³-hybridized carbons (Fsp3) is 0.0500. The molecule has 0 saturated carbocycles. The van der Waals surface area contributed by atoms with E-state index in [1.54, 1.807) is 4.52 Å². The first-order chi connectivity index (χ1) is 12.1. The molecular weight excluding hydrogens is 310 g/mol. The maximum Gasteiger partial charge on any atom is 0.162 e. The van der Waals surface area contributed by atoms with Gasteiger partial charge in [-0.2, -0.15) is 5.10 Å². The molecule has 0 amide bonds. The molecule has 2 aromatic heterocycles. The standard InChI is InChI=1S/C20H17N5/c1-13-2-4-14(5-3-13)17-10-23-20-18(11-24-25(20)12-17)15-6-8-16(9-7-15)19(21)22/h2-12H,1H3,(H3,21,22). The zero-order valence-corrected chi connectivity index (χ0v) is 13.8. The number of aryl methyl sites for hydroxylation is 1. The van der Waals surface area contributed by atoms with Crippen molar-refractivity contribution >= 4 is 11.5 Å². The van der Waals surface area contributed by atoms with Crippen LogP contribution in [0.2, 0.25) is 0 Å². The van der Waals surface area contributed by atoms with E-state index in [2.05, 4.69) is 41.3 Å². The minimum atomic E-state index is 0.0623. The Labute approximate surface area is 145 Å². The number of nitrogen functional groups attached to an aromatic ring is 1. The van der Waals surface area contributed by atoms with E-state index < -0.39 is 0 Å². The molecule has 2 heterocycles. The number of aromatic nitrogens is 3. The van der Waals surface area contributed by atoms with E-state index in [1.807, 2.05) is 42.9 Å². The molecule has 0 fully saturated rings. The molecule has 0 aliphatic rings. The molecular formula is C20H17N5. The summed E-state index contributed by atoms with van der Waals surface area (Å²) in [5.41, 5.74) is 12.3. The number of fused-ring (bicyclic) bond motifs is 1. The van der Waals surface area contributed by atoms with E-state index in [0.717, 1.165) is 27.9 Å². The second-order valence-corrected chi connectivity index (χ2v) is 6.03. The van der Waals surface area contributed by atoms with Gasteiger partial charge in [-0.1, -0.05) is 54.1 Å². The number of hydrogen-bond acceptors (Lipinski definition) is 3. The monoisotopic (exact) mass is 327 g/mol. The quantitative estimate of drug-likeness (QED) is 0.445. The third-order valence-electron chi connectivity index (χ3n) is 4.25. The van der Waals surface area contributed by atoms with Gasteiger partial charge in [0.05, 0.1) is 6.20 Å². The normalized spacial score (nSPS) is 10.9. The van der Waals surface area contributed by atoms with Gasteiger partial charge in [0, 0.05) is 29.1 Å². The number of hydrogen-bond donors (Lipinski definition) is 2. The third kappa shape index (κ3) is 2.76. The molecule has 0 spiro atoms. The summed E-state index contributed by atoms with van der Waals surface area (Å²) in [7, 11) is 0. The third-order valence-corrected chi connectivity index (χ3v) is 4.25. The van der Waals surface area contributed by atoms with Gasteiger partial charge in [-0.05, 0) is 18.1 Å². The minimum absolute atomic E-state index is 0.0623. The first-order valence-corrected chi connectivity index (χ1v) is 7.97. The largest absolute Gasteiger partial charge is 0.384 e. The number of amidine groups is 1. The van der Waals surface area contributed by atoms with Crippen LogP contribution in [0.4, 0.5) is 0 Å². The van der Waals surface area contributed by atoms with Crippen molar-refractivity contribution in [3.63, 3.8) is 0 Å². The van der Waals surface area contributed by atoms with E-state index in [4.69, 9.17) is 11.1 Å². The average Bonchev–Trinajstić information content (AvgIpc) is 3.05. The van der Waals surface area contributed by atoms with Crippen LogP contribution in [0.1, 0.15) is 11.1 Å². The summed E-state index contributed by atoms with van der Waals surface area (Å²) in [6.45, 7) is 2.07. The highest BCUT2D eigenvalue weighted by Crippen LogP contribution is 2.26. The van der Waals surface area contributed by atoms with Gasteiger partial charge in [0.1, 0.15) is 5.84 Å². The van der Waals surface area contributed by atoms with Gasteiger partial charge in [-0.3, -0.25) is 5.41 Å². The van der Waals surface area contributed by atoms with Gasteiger partial charge in [-0.15, -0.1) is 0 Å². The molecule has 3 N–H and O–H groups in total. The number of nitrogens with zero attached hydrogens (tertiary/aromatic N) is 3. The van der Waals surface area contributed by atoms with Crippen LogP contribution in [0.25, 0.3) is 27.9 Å². The lowest BCUT2D eigenvalue weighted by atomic mass is 10.1. The van der Waals surface area contributed by atoms with Crippen molar-refractivity contribution in [1.29, 1.82) is 5.41 Å². The highest BCUT2D eigenvalue weighted by atomic mass is 15.2. The van der Waals surface area contributed by atoms with E-state index in [9.17, 15) is 0 Å². The second-order valence-electron chi connectivity index (χ2n) is 6.03. The molecule has 0 atom stereocenters. The molecule has 122 valence electrons. The lowest BCUT2D eigenvalue weighted by molar-refractivity contribution is 0.941. The summed E-state index contributed by atoms with van der Waals surface area (Å²) < 4.78 is 1.80. The maximum atomic E-state index is 7.48. The van der Waals surface area contributed by atoms with Gasteiger partial charge in [0.25, 0.3) is 0 Å². The van der Waals surface area contributed by atoms with E-state index in [0.29, 0.717) is 5.56 Å². The molecule has 0 aliphatic heterocycles. The van der Waals surface area contributed by atoms with Gasteiger partial charge >= 0.3 is 0 Å². The molecule has 0 saturated heterocycles. The van der Waals surface area contributed by atoms with Crippen LogP contribution < -0.4 is 5.73 Å². The zero-order valence-electron chi connectivity index (χ0n) is 13.8. The van der Waals surface area contributed by atoms with Crippen molar-refractivity contribution in [2.75, 3.05) is 0 Å². The highest BCUT2D eigenvalue weighted by molar-refractivity contribution is 5.95. The highest BCUT2D eigenvalue weighted by Gasteiger charge is 2.10. The molecule has 0 aliphatic carbocycles.